The monoisotopic (exact) mass is 672 g/mol. The average Bonchev–Trinajstić information content (AvgIpc) is 3.85. The van der Waals surface area contributed by atoms with E-state index < -0.39 is 0 Å². The molecule has 2 aromatic heterocycles. The second-order valence-electron chi connectivity index (χ2n) is 9.40. The van der Waals surface area contributed by atoms with E-state index in [2.05, 4.69) is 70.5 Å². The molecule has 2 fully saturated rings. The number of methoxy groups -OCH3 is 2. The summed E-state index contributed by atoms with van der Waals surface area (Å²) >= 11 is 6.57. The van der Waals surface area contributed by atoms with E-state index in [0.717, 1.165) is 58.5 Å². The van der Waals surface area contributed by atoms with Gasteiger partial charge >= 0.3 is 11.9 Å². The quantitative estimate of drug-likeness (QED) is 0.232. The molecular weight excluding hydrogens is 636 g/mol. The molecule has 2 unspecified atom stereocenters. The highest BCUT2D eigenvalue weighted by Gasteiger charge is 2.30. The summed E-state index contributed by atoms with van der Waals surface area (Å²) in [7, 11) is 2.88. The first kappa shape index (κ1) is 33.4. The van der Waals surface area contributed by atoms with Crippen molar-refractivity contribution in [2.75, 3.05) is 45.3 Å². The minimum absolute atomic E-state index is 0. The number of nitrogens with one attached hydrogen (secondary N) is 1. The highest BCUT2D eigenvalue weighted by Crippen LogP contribution is 2.31. The topological polar surface area (TPSA) is 93.7 Å². The van der Waals surface area contributed by atoms with E-state index >= 15 is 0 Å². The van der Waals surface area contributed by atoms with Crippen LogP contribution in [0.3, 0.4) is 0 Å². The number of esters is 2. The summed E-state index contributed by atoms with van der Waals surface area (Å²) in [6.45, 7) is 3.29. The number of benzene rings is 2. The molecule has 42 heavy (non-hydrogen) atoms. The third kappa shape index (κ3) is 9.45. The van der Waals surface area contributed by atoms with Crippen molar-refractivity contribution in [2.24, 2.45) is 11.8 Å². The Labute approximate surface area is 264 Å². The van der Waals surface area contributed by atoms with Gasteiger partial charge in [0, 0.05) is 41.5 Å². The van der Waals surface area contributed by atoms with Crippen LogP contribution in [0, 0.1) is 11.8 Å². The first-order valence-corrected chi connectivity index (χ1v) is 15.8. The van der Waals surface area contributed by atoms with E-state index in [1.54, 1.807) is 22.7 Å². The highest BCUT2D eigenvalue weighted by molar-refractivity contribution is 9.11. The van der Waals surface area contributed by atoms with Crippen molar-refractivity contribution >= 4 is 55.7 Å². The molecule has 4 aromatic rings. The Balaban J connectivity index is 0.000000188. The van der Waals surface area contributed by atoms with Gasteiger partial charge in [-0.15, -0.1) is 22.7 Å². The van der Waals surface area contributed by atoms with Crippen molar-refractivity contribution in [3.63, 3.8) is 0 Å². The molecule has 2 atom stereocenters. The van der Waals surface area contributed by atoms with Gasteiger partial charge in [0.25, 0.3) is 0 Å². The van der Waals surface area contributed by atoms with E-state index in [9.17, 15) is 9.59 Å². The van der Waals surface area contributed by atoms with Crippen LogP contribution in [-0.4, -0.2) is 62.3 Å². The maximum Gasteiger partial charge on any atom is 0.310 e. The summed E-state index contributed by atoms with van der Waals surface area (Å²) in [6.07, 6.45) is 1.76. The number of aromatic nitrogens is 2. The van der Waals surface area contributed by atoms with E-state index in [4.69, 9.17) is 4.74 Å². The normalized spacial score (nSPS) is 17.2. The fourth-order valence-corrected chi connectivity index (χ4v) is 6.35. The summed E-state index contributed by atoms with van der Waals surface area (Å²) in [5.41, 5.74) is 4.32. The molecule has 2 saturated heterocycles. The molecule has 1 N–H and O–H groups in total. The maximum absolute atomic E-state index is 11.6. The molecule has 0 saturated carbocycles. The molecule has 4 heterocycles. The molecule has 0 aliphatic carbocycles. The van der Waals surface area contributed by atoms with Crippen LogP contribution in [0.5, 0.6) is 0 Å². The Hall–Kier alpha value is -3.12. The summed E-state index contributed by atoms with van der Waals surface area (Å²) < 4.78 is 10.3. The van der Waals surface area contributed by atoms with Gasteiger partial charge in [-0.3, -0.25) is 9.59 Å². The van der Waals surface area contributed by atoms with Gasteiger partial charge in [-0.25, -0.2) is 9.97 Å². The van der Waals surface area contributed by atoms with Gasteiger partial charge in [0.1, 0.15) is 0 Å². The number of thiazole rings is 2. The van der Waals surface area contributed by atoms with Gasteiger partial charge in [-0.05, 0) is 35.3 Å². The Morgan fingerprint density at radius 1 is 0.857 bits per heavy atom. The molecule has 8 nitrogen and oxygen atoms in total. The fourth-order valence-electron chi connectivity index (χ4n) is 4.46. The SMILES string of the molecule is Brc1nc(-c2ccccc2)cs1.C.COC(=O)C1CCN(c2nc(-c3ccccc3)cs2)C1.COC(=O)C1CCNC1. The smallest absolute Gasteiger partial charge is 0.310 e. The molecule has 0 bridgehead atoms. The molecule has 6 rings (SSSR count). The first-order valence-electron chi connectivity index (χ1n) is 13.3. The van der Waals surface area contributed by atoms with Crippen molar-refractivity contribution in [1.29, 1.82) is 0 Å². The predicted octanol–water partition coefficient (Wildman–Crippen LogP) is 6.79. The minimum atomic E-state index is -0.118. The van der Waals surface area contributed by atoms with Crippen molar-refractivity contribution in [1.82, 2.24) is 15.3 Å². The maximum atomic E-state index is 11.6. The number of rotatable bonds is 5. The minimum Gasteiger partial charge on any atom is -0.469 e. The summed E-state index contributed by atoms with van der Waals surface area (Å²) in [4.78, 5) is 33.5. The fraction of sp³-hybridized carbons (Fsp3) is 0.355. The van der Waals surface area contributed by atoms with Gasteiger partial charge in [-0.1, -0.05) is 68.1 Å². The highest BCUT2D eigenvalue weighted by atomic mass is 79.9. The number of carbonyl (C=O) groups is 2. The number of nitrogens with zero attached hydrogens (tertiary/aromatic N) is 3. The van der Waals surface area contributed by atoms with E-state index in [1.165, 1.54) is 19.8 Å². The van der Waals surface area contributed by atoms with E-state index in [-0.39, 0.29) is 31.2 Å². The summed E-state index contributed by atoms with van der Waals surface area (Å²) in [6, 6.07) is 20.3. The molecule has 0 radical (unpaired) electrons. The van der Waals surface area contributed by atoms with E-state index in [0.29, 0.717) is 6.54 Å². The van der Waals surface area contributed by atoms with Gasteiger partial charge in [0.15, 0.2) is 9.05 Å². The number of carbonyl (C=O) groups excluding carboxylic acids is 2. The van der Waals surface area contributed by atoms with Crippen molar-refractivity contribution in [3.8, 4) is 22.5 Å². The molecular formula is C31H37BrN4O4S2. The van der Waals surface area contributed by atoms with Gasteiger partial charge in [0.05, 0.1) is 37.4 Å². The molecule has 2 aromatic carbocycles. The number of hydrogen-bond donors (Lipinski definition) is 1. The van der Waals surface area contributed by atoms with Crippen LogP contribution >= 0.6 is 38.6 Å². The zero-order valence-corrected chi connectivity index (χ0v) is 26.2. The zero-order valence-electron chi connectivity index (χ0n) is 23.0. The van der Waals surface area contributed by atoms with Gasteiger partial charge in [-0.2, -0.15) is 0 Å². The lowest BCUT2D eigenvalue weighted by molar-refractivity contribution is -0.145. The van der Waals surface area contributed by atoms with Crippen molar-refractivity contribution in [2.45, 2.75) is 20.3 Å². The largest absolute Gasteiger partial charge is 0.469 e. The third-order valence-electron chi connectivity index (χ3n) is 6.70. The lowest BCUT2D eigenvalue weighted by Crippen LogP contribution is -2.23. The predicted molar refractivity (Wildman–Crippen MR) is 175 cm³/mol. The zero-order chi connectivity index (χ0) is 29.0. The number of hydrogen-bond acceptors (Lipinski definition) is 10. The number of ether oxygens (including phenoxy) is 2. The van der Waals surface area contributed by atoms with Crippen LogP contribution in [0.1, 0.15) is 20.3 Å². The van der Waals surface area contributed by atoms with Gasteiger partial charge in [0.2, 0.25) is 0 Å². The molecule has 2 aliphatic heterocycles. The lowest BCUT2D eigenvalue weighted by atomic mass is 10.1. The number of halogens is 1. The van der Waals surface area contributed by atoms with Gasteiger partial charge < -0.3 is 19.7 Å². The Morgan fingerprint density at radius 2 is 1.43 bits per heavy atom. The van der Waals surface area contributed by atoms with Crippen LogP contribution in [-0.2, 0) is 19.1 Å². The number of anilines is 1. The Kier molecular flexibility index (Phi) is 13.6. The summed E-state index contributed by atoms with van der Waals surface area (Å²) in [5, 5.41) is 8.18. The van der Waals surface area contributed by atoms with Crippen molar-refractivity contribution < 1.29 is 19.1 Å². The molecule has 11 heteroatoms. The van der Waals surface area contributed by atoms with E-state index in [1.807, 2.05) is 41.8 Å². The molecule has 2 aliphatic rings. The van der Waals surface area contributed by atoms with Crippen LogP contribution in [0.2, 0.25) is 0 Å². The first-order chi connectivity index (χ1) is 20.0. The third-order valence-corrected chi connectivity index (χ3v) is 8.96. The lowest BCUT2D eigenvalue weighted by Gasteiger charge is -2.13. The Bertz CT molecular complexity index is 1380. The van der Waals surface area contributed by atoms with Crippen LogP contribution in [0.4, 0.5) is 5.13 Å². The van der Waals surface area contributed by atoms with Crippen LogP contribution in [0.15, 0.2) is 75.3 Å². The second kappa shape index (κ2) is 17.1. The van der Waals surface area contributed by atoms with Crippen LogP contribution < -0.4 is 10.2 Å². The Morgan fingerprint density at radius 3 is 1.95 bits per heavy atom. The summed E-state index contributed by atoms with van der Waals surface area (Å²) in [5.74, 6) is -0.119. The standard InChI is InChI=1S/C15H16N2O2S.C9H6BrNS.C6H11NO2.CH4/c1-19-14(18)12-7-8-17(9-12)15-16-13(10-20-15)11-5-3-2-4-6-11;10-9-11-8(6-12-9)7-4-2-1-3-5-7;1-9-6(8)5-2-3-7-4-5;/h2-6,10,12H,7-9H2,1H3;1-6H;5,7H,2-4H2,1H3;1H4. The van der Waals surface area contributed by atoms with Crippen LogP contribution in [0.25, 0.3) is 22.5 Å². The second-order valence-corrected chi connectivity index (χ2v) is 12.4. The average molecular weight is 674 g/mol. The molecule has 224 valence electrons. The molecule has 0 amide bonds. The molecule has 0 spiro atoms. The van der Waals surface area contributed by atoms with Crippen molar-refractivity contribution in [3.05, 3.63) is 75.3 Å².